The number of nitrogens with zero attached hydrogens (tertiary/aromatic N) is 2. The molecule has 0 saturated carbocycles. The largest absolute Gasteiger partial charge is 0.354 e. The van der Waals surface area contributed by atoms with Gasteiger partial charge in [0, 0.05) is 35.1 Å². The summed E-state index contributed by atoms with van der Waals surface area (Å²) in [5.74, 6) is -0.933. The van der Waals surface area contributed by atoms with E-state index in [0.717, 1.165) is 33.8 Å². The van der Waals surface area contributed by atoms with Crippen LogP contribution >= 0.6 is 23.2 Å². The maximum atomic E-state index is 14.6. The van der Waals surface area contributed by atoms with Crippen molar-refractivity contribution in [2.75, 3.05) is 17.4 Å². The molecule has 0 heterocycles. The Morgan fingerprint density at radius 3 is 2.11 bits per heavy atom. The third-order valence-electron chi connectivity index (χ3n) is 7.67. The van der Waals surface area contributed by atoms with Gasteiger partial charge in [-0.05, 0) is 67.8 Å². The molecule has 0 aliphatic heterocycles. The monoisotopic (exact) mass is 679 g/mol. The van der Waals surface area contributed by atoms with Gasteiger partial charge in [-0.1, -0.05) is 103 Å². The van der Waals surface area contributed by atoms with E-state index >= 15 is 0 Å². The van der Waals surface area contributed by atoms with E-state index in [4.69, 9.17) is 23.2 Å². The Morgan fingerprint density at radius 2 is 1.48 bits per heavy atom. The number of sulfonamides is 1. The number of carbonyl (C=O) groups excluding carboxylic acids is 2. The van der Waals surface area contributed by atoms with Gasteiger partial charge in [0.1, 0.15) is 12.6 Å². The lowest BCUT2D eigenvalue weighted by molar-refractivity contribution is -0.140. The standard InChI is InChI=1S/C36H39Cl2N3O4S/c1-4-5-21-39-36(43)34(23-28-12-7-6-8-13-28)40(24-31-32(37)15-10-16-33(31)38)35(42)25-41(29-14-9-11-27(3)22-29)46(44,45)30-19-17-26(2)18-20-30/h6-20,22,34H,4-5,21,23-25H2,1-3H3,(H,39,43)/t34-/m0/s1. The number of benzene rings is 4. The first-order valence-corrected chi connectivity index (χ1v) is 17.4. The second kappa shape index (κ2) is 16.1. The van der Waals surface area contributed by atoms with Crippen molar-refractivity contribution in [3.63, 3.8) is 0 Å². The van der Waals surface area contributed by atoms with Crippen LogP contribution in [0.2, 0.25) is 10.0 Å². The fourth-order valence-corrected chi connectivity index (χ4v) is 6.99. The Bertz CT molecular complexity index is 1730. The lowest BCUT2D eigenvalue weighted by Crippen LogP contribution is -2.53. The quantitative estimate of drug-likeness (QED) is 0.141. The van der Waals surface area contributed by atoms with Crippen LogP contribution in [0.5, 0.6) is 0 Å². The second-order valence-corrected chi connectivity index (χ2v) is 13.9. The first-order valence-electron chi connectivity index (χ1n) is 15.2. The number of aryl methyl sites for hydroxylation is 2. The lowest BCUT2D eigenvalue weighted by atomic mass is 10.0. The Balaban J connectivity index is 1.82. The van der Waals surface area contributed by atoms with Crippen molar-refractivity contribution in [3.05, 3.63) is 129 Å². The summed E-state index contributed by atoms with van der Waals surface area (Å²) in [5, 5.41) is 3.64. The van der Waals surface area contributed by atoms with Gasteiger partial charge in [0.05, 0.1) is 10.6 Å². The fraction of sp³-hybridized carbons (Fsp3) is 0.278. The minimum Gasteiger partial charge on any atom is -0.354 e. The summed E-state index contributed by atoms with van der Waals surface area (Å²) in [6.45, 7) is 5.51. The van der Waals surface area contributed by atoms with Crippen LogP contribution in [0.4, 0.5) is 5.69 Å². The number of halogens is 2. The number of rotatable bonds is 14. The summed E-state index contributed by atoms with van der Waals surface area (Å²) in [5.41, 5.74) is 3.35. The molecule has 7 nitrogen and oxygen atoms in total. The zero-order chi connectivity index (χ0) is 33.3. The average molecular weight is 681 g/mol. The highest BCUT2D eigenvalue weighted by Crippen LogP contribution is 2.29. The number of nitrogens with one attached hydrogen (secondary N) is 1. The van der Waals surface area contributed by atoms with Crippen LogP contribution < -0.4 is 9.62 Å². The summed E-state index contributed by atoms with van der Waals surface area (Å²) in [6, 6.07) is 26.9. The molecule has 0 aliphatic carbocycles. The SMILES string of the molecule is CCCCNC(=O)[C@H](Cc1ccccc1)N(Cc1c(Cl)cccc1Cl)C(=O)CN(c1cccc(C)c1)S(=O)(=O)c1ccc(C)cc1. The molecule has 0 unspecified atom stereocenters. The normalized spacial score (nSPS) is 11.9. The maximum absolute atomic E-state index is 14.6. The molecule has 10 heteroatoms. The summed E-state index contributed by atoms with van der Waals surface area (Å²) in [4.78, 5) is 29.9. The number of unbranched alkanes of at least 4 members (excludes halogenated alkanes) is 1. The maximum Gasteiger partial charge on any atom is 0.264 e. The number of anilines is 1. The molecule has 46 heavy (non-hydrogen) atoms. The molecule has 1 atom stereocenters. The van der Waals surface area contributed by atoms with Gasteiger partial charge < -0.3 is 10.2 Å². The molecule has 0 saturated heterocycles. The van der Waals surface area contributed by atoms with Gasteiger partial charge in [-0.3, -0.25) is 13.9 Å². The van der Waals surface area contributed by atoms with Crippen molar-refractivity contribution in [1.82, 2.24) is 10.2 Å². The van der Waals surface area contributed by atoms with Crippen LogP contribution in [0.25, 0.3) is 0 Å². The van der Waals surface area contributed by atoms with E-state index in [1.54, 1.807) is 48.5 Å². The van der Waals surface area contributed by atoms with Gasteiger partial charge in [-0.15, -0.1) is 0 Å². The molecule has 4 aromatic carbocycles. The van der Waals surface area contributed by atoms with E-state index in [-0.39, 0.29) is 23.8 Å². The Morgan fingerprint density at radius 1 is 0.826 bits per heavy atom. The third-order valence-corrected chi connectivity index (χ3v) is 10.2. The van der Waals surface area contributed by atoms with Gasteiger partial charge >= 0.3 is 0 Å². The number of hydrogen-bond acceptors (Lipinski definition) is 4. The highest BCUT2D eigenvalue weighted by molar-refractivity contribution is 7.92. The molecule has 0 bridgehead atoms. The Labute approximate surface area is 282 Å². The number of hydrogen-bond donors (Lipinski definition) is 1. The molecule has 0 aromatic heterocycles. The van der Waals surface area contributed by atoms with Gasteiger partial charge in [0.2, 0.25) is 11.8 Å². The summed E-state index contributed by atoms with van der Waals surface area (Å²) < 4.78 is 29.5. The van der Waals surface area contributed by atoms with E-state index in [1.165, 1.54) is 17.0 Å². The van der Waals surface area contributed by atoms with Gasteiger partial charge in [-0.2, -0.15) is 0 Å². The molecule has 2 amide bonds. The molecule has 1 N–H and O–H groups in total. The molecule has 242 valence electrons. The molecule has 4 rings (SSSR count). The van der Waals surface area contributed by atoms with E-state index in [0.29, 0.717) is 27.8 Å². The lowest BCUT2D eigenvalue weighted by Gasteiger charge is -2.34. The van der Waals surface area contributed by atoms with Crippen LogP contribution in [0.1, 0.15) is 42.0 Å². The van der Waals surface area contributed by atoms with Gasteiger partial charge in [0.15, 0.2) is 0 Å². The summed E-state index contributed by atoms with van der Waals surface area (Å²) >= 11 is 13.2. The van der Waals surface area contributed by atoms with Crippen LogP contribution in [0.3, 0.4) is 0 Å². The van der Waals surface area contributed by atoms with Crippen molar-refractivity contribution < 1.29 is 18.0 Å². The van der Waals surface area contributed by atoms with E-state index in [1.807, 2.05) is 57.2 Å². The molecule has 4 aromatic rings. The molecular weight excluding hydrogens is 641 g/mol. The molecular formula is C36H39Cl2N3O4S. The zero-order valence-electron chi connectivity index (χ0n) is 26.2. The van der Waals surface area contributed by atoms with E-state index in [9.17, 15) is 18.0 Å². The Hall–Kier alpha value is -3.85. The van der Waals surface area contributed by atoms with Crippen LogP contribution in [0.15, 0.2) is 102 Å². The van der Waals surface area contributed by atoms with Crippen molar-refractivity contribution in [1.29, 1.82) is 0 Å². The van der Waals surface area contributed by atoms with Crippen molar-refractivity contribution >= 4 is 50.7 Å². The summed E-state index contributed by atoms with van der Waals surface area (Å²) in [7, 11) is -4.19. The highest BCUT2D eigenvalue weighted by atomic mass is 35.5. The minimum atomic E-state index is -4.19. The fourth-order valence-electron chi connectivity index (χ4n) is 5.06. The minimum absolute atomic E-state index is 0.0475. The van der Waals surface area contributed by atoms with Crippen LogP contribution in [-0.4, -0.2) is 44.3 Å². The number of carbonyl (C=O) groups is 2. The first-order chi connectivity index (χ1) is 22.0. The van der Waals surface area contributed by atoms with E-state index < -0.39 is 28.5 Å². The predicted octanol–water partition coefficient (Wildman–Crippen LogP) is 7.36. The first kappa shape index (κ1) is 35.0. The number of amides is 2. The van der Waals surface area contributed by atoms with Gasteiger partial charge in [-0.25, -0.2) is 8.42 Å². The summed E-state index contributed by atoms with van der Waals surface area (Å²) in [6.07, 6.45) is 1.84. The molecule has 0 radical (unpaired) electrons. The van der Waals surface area contributed by atoms with Crippen LogP contribution in [0, 0.1) is 13.8 Å². The zero-order valence-corrected chi connectivity index (χ0v) is 28.6. The topological polar surface area (TPSA) is 86.8 Å². The smallest absolute Gasteiger partial charge is 0.264 e. The third kappa shape index (κ3) is 8.90. The van der Waals surface area contributed by atoms with Crippen molar-refractivity contribution in [2.24, 2.45) is 0 Å². The Kier molecular flexibility index (Phi) is 12.3. The van der Waals surface area contributed by atoms with E-state index in [2.05, 4.69) is 5.32 Å². The molecule has 0 fully saturated rings. The highest BCUT2D eigenvalue weighted by Gasteiger charge is 2.35. The molecule has 0 aliphatic rings. The molecule has 0 spiro atoms. The van der Waals surface area contributed by atoms with Gasteiger partial charge in [0.25, 0.3) is 10.0 Å². The predicted molar refractivity (Wildman–Crippen MR) is 186 cm³/mol. The van der Waals surface area contributed by atoms with Crippen molar-refractivity contribution in [2.45, 2.75) is 57.5 Å². The average Bonchev–Trinajstić information content (AvgIpc) is 3.03. The van der Waals surface area contributed by atoms with Crippen LogP contribution in [-0.2, 0) is 32.6 Å². The van der Waals surface area contributed by atoms with Crippen molar-refractivity contribution in [3.8, 4) is 0 Å². The second-order valence-electron chi connectivity index (χ2n) is 11.2.